The first-order chi connectivity index (χ1) is 17.6. The molecule has 0 aliphatic rings. The van der Waals surface area contributed by atoms with Crippen molar-refractivity contribution in [1.82, 2.24) is 0 Å². The van der Waals surface area contributed by atoms with Crippen LogP contribution in [0.25, 0.3) is 0 Å². The van der Waals surface area contributed by atoms with Gasteiger partial charge < -0.3 is 5.11 Å². The van der Waals surface area contributed by atoms with E-state index in [-0.39, 0.29) is 11.7 Å². The molecule has 0 fully saturated rings. The molecule has 0 aliphatic carbocycles. The Kier molecular flexibility index (Phi) is 36.8. The molecule has 0 saturated carbocycles. The van der Waals surface area contributed by atoms with Gasteiger partial charge in [0.2, 0.25) is 0 Å². The Balaban J connectivity index is 3.26. The van der Waals surface area contributed by atoms with Crippen molar-refractivity contribution in [3.8, 4) is 0 Å². The minimum Gasteiger partial charge on any atom is -0.396 e. The predicted octanol–water partition coefficient (Wildman–Crippen LogP) is 7.05. The van der Waals surface area contributed by atoms with Crippen molar-refractivity contribution >= 4 is 156 Å². The molecule has 0 aromatic rings. The van der Waals surface area contributed by atoms with Crippen molar-refractivity contribution in [3.05, 3.63) is 0 Å². The molecule has 0 saturated heterocycles. The van der Waals surface area contributed by atoms with E-state index in [1.165, 1.54) is 11.8 Å². The molecular formula is C19H38O4S13. The van der Waals surface area contributed by atoms with Gasteiger partial charge in [-0.15, -0.1) is 106 Å². The van der Waals surface area contributed by atoms with Crippen molar-refractivity contribution in [2.45, 2.75) is 13.3 Å². The minimum atomic E-state index is -0.749. The van der Waals surface area contributed by atoms with Crippen molar-refractivity contribution in [2.24, 2.45) is 0 Å². The van der Waals surface area contributed by atoms with Crippen molar-refractivity contribution in [2.75, 3.05) is 86.2 Å². The second kappa shape index (κ2) is 33.3. The van der Waals surface area contributed by atoms with Crippen LogP contribution < -0.4 is 0 Å². The quantitative estimate of drug-likeness (QED) is 0.0628. The van der Waals surface area contributed by atoms with Gasteiger partial charge in [0.1, 0.15) is 0 Å². The highest BCUT2D eigenvalue weighted by Crippen LogP contribution is 2.25. The third-order valence-corrected chi connectivity index (χ3v) is 21.0. The molecule has 0 bridgehead atoms. The molecule has 0 radical (unpaired) electrons. The van der Waals surface area contributed by atoms with E-state index in [0.717, 1.165) is 75.2 Å². The molecule has 36 heavy (non-hydrogen) atoms. The zero-order valence-corrected chi connectivity index (χ0v) is 31.1. The molecule has 0 amide bonds. The van der Waals surface area contributed by atoms with Gasteiger partial charge in [0.05, 0.1) is 22.5 Å². The lowest BCUT2D eigenvalue weighted by Crippen LogP contribution is -2.03. The molecule has 17 heteroatoms. The summed E-state index contributed by atoms with van der Waals surface area (Å²) in [5.74, 6) is 3.84. The van der Waals surface area contributed by atoms with E-state index < -0.39 is 21.6 Å². The van der Waals surface area contributed by atoms with Crippen molar-refractivity contribution < 1.29 is 18.3 Å². The van der Waals surface area contributed by atoms with Crippen molar-refractivity contribution in [1.29, 1.82) is 0 Å². The van der Waals surface area contributed by atoms with Crippen LogP contribution in [0.5, 0.6) is 0 Å². The van der Waals surface area contributed by atoms with E-state index in [1.54, 1.807) is 47.0 Å². The number of thioether (sulfide) groups is 11. The van der Waals surface area contributed by atoms with Crippen LogP contribution in [-0.4, -0.2) is 105 Å². The topological polar surface area (TPSA) is 71.4 Å². The van der Waals surface area contributed by atoms with Gasteiger partial charge in [-0.1, -0.05) is 18.7 Å². The largest absolute Gasteiger partial charge is 0.396 e. The van der Waals surface area contributed by atoms with Crippen LogP contribution in [0.3, 0.4) is 0 Å². The average molecular weight is 747 g/mol. The van der Waals surface area contributed by atoms with Crippen LogP contribution in [0, 0.1) is 0 Å². The molecule has 0 aromatic carbocycles. The first kappa shape index (κ1) is 39.8. The van der Waals surface area contributed by atoms with Crippen LogP contribution in [0.1, 0.15) is 13.3 Å². The summed E-state index contributed by atoms with van der Waals surface area (Å²) in [6, 6.07) is 0. The molecule has 2 atom stereocenters. The maximum atomic E-state index is 12.0. The van der Waals surface area contributed by atoms with Gasteiger partial charge in [-0.25, -0.2) is 0 Å². The van der Waals surface area contributed by atoms with E-state index in [0.29, 0.717) is 10.8 Å². The van der Waals surface area contributed by atoms with E-state index in [2.05, 4.69) is 6.92 Å². The van der Waals surface area contributed by atoms with E-state index in [1.807, 2.05) is 70.6 Å². The lowest BCUT2D eigenvalue weighted by atomic mass is 10.6. The number of carbonyl (C=O) groups is 1. The third-order valence-electron chi connectivity index (χ3n) is 3.24. The summed E-state index contributed by atoms with van der Waals surface area (Å²) in [7, 11) is -1.41. The Hall–Kier alpha value is 3.78. The summed E-state index contributed by atoms with van der Waals surface area (Å²) in [4.78, 5) is 12.0. The van der Waals surface area contributed by atoms with Gasteiger partial charge >= 0.3 is 0 Å². The standard InChI is InChI=1S/C19H38O4S13/c1-2-6-35(22)17-33-15-30-13-29-14-31-16-34-19(21)8-26-11-28-12-27-9-25-5-7-36(23)18-32-10-24-4-3-20/h20H,2-18H2,1H3. The van der Waals surface area contributed by atoms with Crippen molar-refractivity contribution in [3.63, 3.8) is 0 Å². The third kappa shape index (κ3) is 32.3. The lowest BCUT2D eigenvalue weighted by Gasteiger charge is -2.04. The summed E-state index contributed by atoms with van der Waals surface area (Å²) in [5.41, 5.74) is 0. The fraction of sp³-hybridized carbons (Fsp3) is 0.947. The summed E-state index contributed by atoms with van der Waals surface area (Å²) in [6.07, 6.45) is 0.991. The highest BCUT2D eigenvalue weighted by Gasteiger charge is 2.04. The van der Waals surface area contributed by atoms with E-state index >= 15 is 0 Å². The molecule has 0 aromatic heterocycles. The highest BCUT2D eigenvalue weighted by molar-refractivity contribution is 8.31. The lowest BCUT2D eigenvalue weighted by molar-refractivity contribution is -0.108. The Bertz CT molecular complexity index is 545. The molecule has 0 heterocycles. The molecule has 0 spiro atoms. The second-order valence-corrected chi connectivity index (χ2v) is 24.2. The Morgan fingerprint density at radius 2 is 1.08 bits per heavy atom. The normalized spacial score (nSPS) is 13.2. The fourth-order valence-electron chi connectivity index (χ4n) is 1.79. The average Bonchev–Trinajstić information content (AvgIpc) is 2.86. The van der Waals surface area contributed by atoms with Gasteiger partial charge in [-0.05, 0) is 6.42 Å². The van der Waals surface area contributed by atoms with Crippen LogP contribution >= 0.6 is 129 Å². The number of hydrogen-bond donors (Lipinski definition) is 1. The molecule has 1 N–H and O–H groups in total. The summed E-state index contributed by atoms with van der Waals surface area (Å²) < 4.78 is 23.4. The smallest absolute Gasteiger partial charge is 0.199 e. The van der Waals surface area contributed by atoms with E-state index in [4.69, 9.17) is 5.11 Å². The molecule has 0 aliphatic heterocycles. The number of carbonyl (C=O) groups excluding carboxylic acids is 1. The Morgan fingerprint density at radius 1 is 0.611 bits per heavy atom. The highest BCUT2D eigenvalue weighted by atomic mass is 32.3. The summed E-state index contributed by atoms with van der Waals surface area (Å²) in [6.45, 7) is 2.28. The van der Waals surface area contributed by atoms with E-state index in [9.17, 15) is 13.2 Å². The Morgan fingerprint density at radius 3 is 1.69 bits per heavy atom. The van der Waals surface area contributed by atoms with Gasteiger partial charge in [-0.3, -0.25) is 13.2 Å². The maximum Gasteiger partial charge on any atom is 0.199 e. The molecule has 216 valence electrons. The number of rotatable bonds is 29. The summed E-state index contributed by atoms with van der Waals surface area (Å²) >= 11 is 19.5. The maximum absolute atomic E-state index is 12.0. The zero-order chi connectivity index (χ0) is 26.5. The van der Waals surface area contributed by atoms with Crippen LogP contribution in [0.4, 0.5) is 0 Å². The first-order valence-electron chi connectivity index (χ1n) is 10.8. The minimum absolute atomic E-state index is 0.210. The molecular weight excluding hydrogens is 709 g/mol. The fourth-order valence-corrected chi connectivity index (χ4v) is 18.4. The molecule has 0 rings (SSSR count). The molecule has 2 unspecified atom stereocenters. The summed E-state index contributed by atoms with van der Waals surface area (Å²) in [5, 5.41) is 18.2. The van der Waals surface area contributed by atoms with Gasteiger partial charge in [0, 0.05) is 85.3 Å². The van der Waals surface area contributed by atoms with Crippen LogP contribution in [-0.2, 0) is 26.4 Å². The van der Waals surface area contributed by atoms with Crippen LogP contribution in [0.2, 0.25) is 0 Å². The van der Waals surface area contributed by atoms with Gasteiger partial charge in [-0.2, -0.15) is 11.8 Å². The number of aliphatic hydroxyl groups excluding tert-OH is 1. The second-order valence-electron chi connectivity index (χ2n) is 6.30. The zero-order valence-electron chi connectivity index (χ0n) is 20.5. The predicted molar refractivity (Wildman–Crippen MR) is 195 cm³/mol. The van der Waals surface area contributed by atoms with Crippen LogP contribution in [0.15, 0.2) is 0 Å². The SMILES string of the molecule is CCCS(=O)CSCSCSCSCSC(=O)CSCSCSCSCCS(=O)CSCSCCO. The van der Waals surface area contributed by atoms with Gasteiger partial charge in [0.25, 0.3) is 0 Å². The monoisotopic (exact) mass is 746 g/mol. The number of hydrogen-bond acceptors (Lipinski definition) is 15. The Labute approximate surface area is 270 Å². The number of aliphatic hydroxyl groups is 1. The first-order valence-corrected chi connectivity index (χ1v) is 26.3. The van der Waals surface area contributed by atoms with Gasteiger partial charge in [0.15, 0.2) is 5.12 Å². The molecule has 4 nitrogen and oxygen atoms in total.